The highest BCUT2D eigenvalue weighted by Gasteiger charge is 2.11. The van der Waals surface area contributed by atoms with Gasteiger partial charge in [0.05, 0.1) is 11.8 Å². The summed E-state index contributed by atoms with van der Waals surface area (Å²) >= 11 is 0. The van der Waals surface area contributed by atoms with E-state index in [1.54, 1.807) is 6.92 Å². The molecule has 0 saturated carbocycles. The molecule has 3 nitrogen and oxygen atoms in total. The van der Waals surface area contributed by atoms with Gasteiger partial charge in [0.15, 0.2) is 5.82 Å². The molecule has 1 rings (SSSR count). The van der Waals surface area contributed by atoms with Crippen molar-refractivity contribution < 1.29 is 5.11 Å². The number of aliphatic hydroxyl groups excluding tert-OH is 1. The quantitative estimate of drug-likeness (QED) is 0.641. The van der Waals surface area contributed by atoms with Crippen LogP contribution < -0.4 is 0 Å². The molecule has 0 aliphatic rings. The minimum Gasteiger partial charge on any atom is -0.387 e. The summed E-state index contributed by atoms with van der Waals surface area (Å²) in [6.45, 7) is 3.66. The molecule has 1 aromatic rings. The molecule has 3 heteroatoms. The highest BCUT2D eigenvalue weighted by Crippen LogP contribution is 2.14. The van der Waals surface area contributed by atoms with Gasteiger partial charge in [0.25, 0.3) is 0 Å². The average Bonchev–Trinajstić information content (AvgIpc) is 2.47. The molecule has 0 bridgehead atoms. The Morgan fingerprint density at radius 1 is 1.75 bits per heavy atom. The van der Waals surface area contributed by atoms with Crippen LogP contribution in [0.25, 0.3) is 0 Å². The first-order valence-electron chi connectivity index (χ1n) is 3.92. The van der Waals surface area contributed by atoms with Crippen LogP contribution in [0.15, 0.2) is 0 Å². The summed E-state index contributed by atoms with van der Waals surface area (Å²) < 4.78 is 0. The Morgan fingerprint density at radius 3 is 2.75 bits per heavy atom. The molecule has 0 aliphatic carbocycles. The lowest BCUT2D eigenvalue weighted by Gasteiger charge is -2.00. The molecule has 0 fully saturated rings. The Kier molecular flexibility index (Phi) is 2.51. The molecule has 1 unspecified atom stereocenters. The van der Waals surface area contributed by atoms with Gasteiger partial charge in [-0.1, -0.05) is 6.92 Å². The molecule has 64 valence electrons. The van der Waals surface area contributed by atoms with Crippen LogP contribution in [0.3, 0.4) is 0 Å². The van der Waals surface area contributed by atoms with Crippen LogP contribution in [0, 0.1) is 12.3 Å². The molecular formula is C9H12N2O. The van der Waals surface area contributed by atoms with Gasteiger partial charge in [0.2, 0.25) is 0 Å². The molecule has 0 radical (unpaired) electrons. The van der Waals surface area contributed by atoms with Gasteiger partial charge in [0, 0.05) is 5.69 Å². The van der Waals surface area contributed by atoms with Crippen molar-refractivity contribution in [1.29, 1.82) is 0 Å². The largest absolute Gasteiger partial charge is 0.387 e. The molecule has 1 atom stereocenters. The van der Waals surface area contributed by atoms with E-state index in [1.165, 1.54) is 0 Å². The van der Waals surface area contributed by atoms with Gasteiger partial charge in [-0.2, -0.15) is 0 Å². The van der Waals surface area contributed by atoms with Crippen molar-refractivity contribution in [2.45, 2.75) is 26.4 Å². The summed E-state index contributed by atoms with van der Waals surface area (Å²) in [5, 5.41) is 9.29. The average molecular weight is 164 g/mol. The van der Waals surface area contributed by atoms with E-state index < -0.39 is 6.10 Å². The van der Waals surface area contributed by atoms with Crippen LogP contribution >= 0.6 is 0 Å². The van der Waals surface area contributed by atoms with E-state index >= 15 is 0 Å². The zero-order valence-corrected chi connectivity index (χ0v) is 7.26. The number of hydrogen-bond donors (Lipinski definition) is 2. The predicted octanol–water partition coefficient (Wildman–Crippen LogP) is 1.01. The third-order valence-electron chi connectivity index (χ3n) is 1.70. The number of rotatable bonds is 2. The van der Waals surface area contributed by atoms with Crippen molar-refractivity contribution in [2.24, 2.45) is 0 Å². The fourth-order valence-electron chi connectivity index (χ4n) is 1.11. The van der Waals surface area contributed by atoms with Crippen molar-refractivity contribution >= 4 is 0 Å². The van der Waals surface area contributed by atoms with E-state index in [-0.39, 0.29) is 0 Å². The van der Waals surface area contributed by atoms with Gasteiger partial charge < -0.3 is 10.1 Å². The van der Waals surface area contributed by atoms with E-state index in [9.17, 15) is 5.11 Å². The van der Waals surface area contributed by atoms with Gasteiger partial charge in [-0.05, 0) is 19.3 Å². The van der Waals surface area contributed by atoms with Crippen LogP contribution in [-0.4, -0.2) is 15.1 Å². The van der Waals surface area contributed by atoms with Crippen molar-refractivity contribution in [3.8, 4) is 12.3 Å². The zero-order chi connectivity index (χ0) is 9.14. The molecule has 0 amide bonds. The molecule has 2 N–H and O–H groups in total. The predicted molar refractivity (Wildman–Crippen MR) is 46.5 cm³/mol. The van der Waals surface area contributed by atoms with Gasteiger partial charge in [-0.25, -0.2) is 4.98 Å². The van der Waals surface area contributed by atoms with Crippen LogP contribution in [0.4, 0.5) is 0 Å². The smallest absolute Gasteiger partial charge is 0.182 e. The fourth-order valence-corrected chi connectivity index (χ4v) is 1.11. The number of aromatic nitrogens is 2. The van der Waals surface area contributed by atoms with Crippen molar-refractivity contribution in [3.63, 3.8) is 0 Å². The lowest BCUT2D eigenvalue weighted by Crippen LogP contribution is -1.96. The van der Waals surface area contributed by atoms with Gasteiger partial charge in [-0.3, -0.25) is 0 Å². The monoisotopic (exact) mass is 164 g/mol. The minimum atomic E-state index is -0.557. The van der Waals surface area contributed by atoms with Crippen LogP contribution in [-0.2, 0) is 6.42 Å². The summed E-state index contributed by atoms with van der Waals surface area (Å²) in [5.41, 5.74) is 1.57. The van der Waals surface area contributed by atoms with Crippen molar-refractivity contribution in [2.75, 3.05) is 0 Å². The first-order chi connectivity index (χ1) is 5.69. The summed E-state index contributed by atoms with van der Waals surface area (Å²) in [6, 6.07) is 0. The third kappa shape index (κ3) is 1.49. The zero-order valence-electron chi connectivity index (χ0n) is 7.26. The van der Waals surface area contributed by atoms with E-state index in [0.717, 1.165) is 12.1 Å². The van der Waals surface area contributed by atoms with Gasteiger partial charge in [-0.15, -0.1) is 6.42 Å². The lowest BCUT2D eigenvalue weighted by atomic mass is 10.2. The summed E-state index contributed by atoms with van der Waals surface area (Å²) in [5.74, 6) is 2.89. The number of terminal acetylenes is 1. The van der Waals surface area contributed by atoms with Gasteiger partial charge in [0.1, 0.15) is 0 Å². The standard InChI is InChI=1S/C9H12N2O/c1-4-7-9(6(3)12)11-8(5-2)10-7/h2,6,12H,4H2,1,3H3,(H,10,11). The maximum atomic E-state index is 9.29. The maximum absolute atomic E-state index is 9.29. The summed E-state index contributed by atoms with van der Waals surface area (Å²) in [4.78, 5) is 7.01. The second-order valence-electron chi connectivity index (χ2n) is 2.62. The highest BCUT2D eigenvalue weighted by atomic mass is 16.3. The number of aromatic amines is 1. The first kappa shape index (κ1) is 8.82. The van der Waals surface area contributed by atoms with E-state index in [0.29, 0.717) is 11.5 Å². The Labute approximate surface area is 71.8 Å². The van der Waals surface area contributed by atoms with Crippen LogP contribution in [0.2, 0.25) is 0 Å². The molecular weight excluding hydrogens is 152 g/mol. The van der Waals surface area contributed by atoms with E-state index in [4.69, 9.17) is 6.42 Å². The molecule has 1 heterocycles. The Morgan fingerprint density at radius 2 is 2.42 bits per heavy atom. The fraction of sp³-hybridized carbons (Fsp3) is 0.444. The van der Waals surface area contributed by atoms with E-state index in [1.807, 2.05) is 6.92 Å². The van der Waals surface area contributed by atoms with Gasteiger partial charge >= 0.3 is 0 Å². The van der Waals surface area contributed by atoms with Crippen molar-refractivity contribution in [1.82, 2.24) is 9.97 Å². The Bertz CT molecular complexity index is 307. The topological polar surface area (TPSA) is 48.9 Å². The molecule has 0 saturated heterocycles. The minimum absolute atomic E-state index is 0.489. The number of nitrogens with zero attached hydrogens (tertiary/aromatic N) is 1. The normalized spacial score (nSPS) is 12.5. The number of imidazole rings is 1. The Hall–Kier alpha value is -1.27. The SMILES string of the molecule is C#Cc1nc(C(C)O)c(CC)[nH]1. The Balaban J connectivity index is 3.10. The number of H-pyrrole nitrogens is 1. The third-order valence-corrected chi connectivity index (χ3v) is 1.70. The molecule has 0 spiro atoms. The molecule has 12 heavy (non-hydrogen) atoms. The second kappa shape index (κ2) is 3.42. The molecule has 0 aliphatic heterocycles. The maximum Gasteiger partial charge on any atom is 0.182 e. The summed E-state index contributed by atoms with van der Waals surface area (Å²) in [7, 11) is 0. The van der Waals surface area contributed by atoms with Crippen LogP contribution in [0.5, 0.6) is 0 Å². The summed E-state index contributed by atoms with van der Waals surface area (Å²) in [6.07, 6.45) is 5.40. The lowest BCUT2D eigenvalue weighted by molar-refractivity contribution is 0.193. The highest BCUT2D eigenvalue weighted by molar-refractivity contribution is 5.25. The number of aliphatic hydroxyl groups is 1. The van der Waals surface area contributed by atoms with Crippen LogP contribution in [0.1, 0.15) is 37.2 Å². The molecule has 0 aromatic carbocycles. The number of hydrogen-bond acceptors (Lipinski definition) is 2. The first-order valence-corrected chi connectivity index (χ1v) is 3.92. The number of aryl methyl sites for hydroxylation is 1. The van der Waals surface area contributed by atoms with E-state index in [2.05, 4.69) is 15.9 Å². The second-order valence-corrected chi connectivity index (χ2v) is 2.62. The number of nitrogens with one attached hydrogen (secondary N) is 1. The van der Waals surface area contributed by atoms with Crippen molar-refractivity contribution in [3.05, 3.63) is 17.2 Å². The molecule has 1 aromatic heterocycles.